The molecule has 4 aromatic rings. The van der Waals surface area contributed by atoms with Crippen molar-refractivity contribution in [2.75, 3.05) is 0 Å². The van der Waals surface area contributed by atoms with Crippen molar-refractivity contribution in [2.45, 2.75) is 45.2 Å². The molecule has 0 amide bonds. The number of hydrogen-bond donors (Lipinski definition) is 0. The Morgan fingerprint density at radius 3 is 2.06 bits per heavy atom. The second-order valence-corrected chi connectivity index (χ2v) is 8.15. The minimum atomic E-state index is -4.35. The van der Waals surface area contributed by atoms with Gasteiger partial charge in [0.05, 0.1) is 5.56 Å². The number of benzene rings is 3. The summed E-state index contributed by atoms with van der Waals surface area (Å²) in [5.74, 6) is 0.515. The normalized spacial score (nSPS) is 11.8. The van der Waals surface area contributed by atoms with Gasteiger partial charge in [-0.2, -0.15) is 13.2 Å². The van der Waals surface area contributed by atoms with Gasteiger partial charge >= 0.3 is 6.18 Å². The van der Waals surface area contributed by atoms with Crippen LogP contribution in [0.25, 0.3) is 10.8 Å². The maximum absolute atomic E-state index is 15.1. The number of aromatic nitrogens is 2. The molecule has 1 heterocycles. The molecule has 1 aromatic heterocycles. The highest BCUT2D eigenvalue weighted by Crippen LogP contribution is 2.29. The molecule has 0 aliphatic rings. The molecule has 0 N–H and O–H groups in total. The largest absolute Gasteiger partial charge is 0.416 e. The van der Waals surface area contributed by atoms with E-state index in [-0.39, 0.29) is 5.82 Å². The van der Waals surface area contributed by atoms with E-state index in [4.69, 9.17) is 0 Å². The molecule has 0 atom stereocenters. The highest BCUT2D eigenvalue weighted by atomic mass is 19.4. The SMILES string of the molecule is CCc1cnc(CCc2ccc3c(F)c(CCc4ccc(C(F)(F)F)cc4)ccc3c2)nc1. The average Bonchev–Trinajstić information content (AvgIpc) is 2.82. The molecule has 0 spiro atoms. The van der Waals surface area contributed by atoms with Gasteiger partial charge in [0.1, 0.15) is 11.6 Å². The minimum absolute atomic E-state index is 0.274. The van der Waals surface area contributed by atoms with Crippen LogP contribution in [0.1, 0.15) is 40.6 Å². The predicted octanol–water partition coefficient (Wildman–Crippen LogP) is 6.92. The van der Waals surface area contributed by atoms with E-state index in [9.17, 15) is 13.2 Å². The van der Waals surface area contributed by atoms with E-state index in [2.05, 4.69) is 16.9 Å². The van der Waals surface area contributed by atoms with Gasteiger partial charge in [-0.1, -0.05) is 49.4 Å². The molecule has 3 aromatic carbocycles. The van der Waals surface area contributed by atoms with Crippen molar-refractivity contribution in [2.24, 2.45) is 0 Å². The van der Waals surface area contributed by atoms with Crippen molar-refractivity contribution in [1.82, 2.24) is 9.97 Å². The third kappa shape index (κ3) is 5.56. The first kappa shape index (κ1) is 22.9. The summed E-state index contributed by atoms with van der Waals surface area (Å²) >= 11 is 0. The third-order valence-corrected chi connectivity index (χ3v) is 5.87. The van der Waals surface area contributed by atoms with Crippen LogP contribution in [-0.4, -0.2) is 9.97 Å². The van der Waals surface area contributed by atoms with E-state index in [1.165, 1.54) is 12.1 Å². The first-order chi connectivity index (χ1) is 15.8. The van der Waals surface area contributed by atoms with Crippen molar-refractivity contribution in [1.29, 1.82) is 0 Å². The number of hydrogen-bond acceptors (Lipinski definition) is 2. The average molecular weight is 452 g/mol. The van der Waals surface area contributed by atoms with Crippen molar-refractivity contribution < 1.29 is 17.6 Å². The summed E-state index contributed by atoms with van der Waals surface area (Å²) in [5.41, 5.74) is 2.81. The van der Waals surface area contributed by atoms with E-state index in [0.29, 0.717) is 30.2 Å². The van der Waals surface area contributed by atoms with Crippen molar-refractivity contribution in [3.05, 3.63) is 106 Å². The molecule has 2 nitrogen and oxygen atoms in total. The molecular weight excluding hydrogens is 428 g/mol. The lowest BCUT2D eigenvalue weighted by atomic mass is 9.98. The molecule has 170 valence electrons. The Bertz CT molecular complexity index is 1230. The molecule has 4 rings (SSSR count). The van der Waals surface area contributed by atoms with Gasteiger partial charge in [-0.3, -0.25) is 0 Å². The van der Waals surface area contributed by atoms with Crippen LogP contribution in [0.3, 0.4) is 0 Å². The Morgan fingerprint density at radius 2 is 1.39 bits per heavy atom. The van der Waals surface area contributed by atoms with Gasteiger partial charge in [0.25, 0.3) is 0 Å². The summed E-state index contributed by atoms with van der Waals surface area (Å²) in [5, 5.41) is 1.37. The fourth-order valence-corrected chi connectivity index (χ4v) is 3.82. The molecular formula is C27H24F4N2. The fraction of sp³-hybridized carbons (Fsp3) is 0.259. The molecule has 0 radical (unpaired) electrons. The van der Waals surface area contributed by atoms with Crippen molar-refractivity contribution in [3.63, 3.8) is 0 Å². The van der Waals surface area contributed by atoms with E-state index >= 15 is 4.39 Å². The number of aryl methyl sites for hydroxylation is 5. The van der Waals surface area contributed by atoms with Crippen LogP contribution in [0.4, 0.5) is 17.6 Å². The number of alkyl halides is 3. The second-order valence-electron chi connectivity index (χ2n) is 8.15. The highest BCUT2D eigenvalue weighted by molar-refractivity contribution is 5.84. The molecule has 0 bridgehead atoms. The molecule has 0 aliphatic heterocycles. The van der Waals surface area contributed by atoms with Crippen LogP contribution >= 0.6 is 0 Å². The number of nitrogens with zero attached hydrogens (tertiary/aromatic N) is 2. The van der Waals surface area contributed by atoms with E-state index < -0.39 is 11.7 Å². The van der Waals surface area contributed by atoms with Gasteiger partial charge in [-0.15, -0.1) is 0 Å². The Labute approximate surface area is 190 Å². The zero-order chi connectivity index (χ0) is 23.4. The molecule has 0 unspecified atom stereocenters. The standard InChI is InChI=1S/C27H24F4N2/c1-2-18-16-32-25(33-17-18)14-7-20-6-13-24-22(15-20)10-9-21(26(24)28)8-3-19-4-11-23(12-5-19)27(29,30)31/h4-6,9-13,15-17H,2-3,7-8,14H2,1H3. The monoisotopic (exact) mass is 452 g/mol. The first-order valence-corrected chi connectivity index (χ1v) is 11.0. The molecule has 33 heavy (non-hydrogen) atoms. The first-order valence-electron chi connectivity index (χ1n) is 11.0. The maximum Gasteiger partial charge on any atom is 0.416 e. The Balaban J connectivity index is 1.42. The summed E-state index contributed by atoms with van der Waals surface area (Å²) in [6.45, 7) is 2.06. The lowest BCUT2D eigenvalue weighted by molar-refractivity contribution is -0.137. The van der Waals surface area contributed by atoms with Crippen LogP contribution in [0.5, 0.6) is 0 Å². The van der Waals surface area contributed by atoms with Crippen LogP contribution in [-0.2, 0) is 38.3 Å². The van der Waals surface area contributed by atoms with Crippen molar-refractivity contribution >= 4 is 10.8 Å². The van der Waals surface area contributed by atoms with Gasteiger partial charge in [-0.05, 0) is 65.5 Å². The molecule has 6 heteroatoms. The van der Waals surface area contributed by atoms with E-state index in [1.807, 2.05) is 30.6 Å². The summed E-state index contributed by atoms with van der Waals surface area (Å²) < 4.78 is 53.2. The van der Waals surface area contributed by atoms with Gasteiger partial charge in [0.2, 0.25) is 0 Å². The highest BCUT2D eigenvalue weighted by Gasteiger charge is 2.29. The summed E-state index contributed by atoms with van der Waals surface area (Å²) in [6.07, 6.45) is 2.61. The quantitative estimate of drug-likeness (QED) is 0.285. The lowest BCUT2D eigenvalue weighted by Crippen LogP contribution is -2.04. The zero-order valence-electron chi connectivity index (χ0n) is 18.3. The van der Waals surface area contributed by atoms with Crippen molar-refractivity contribution in [3.8, 4) is 0 Å². The van der Waals surface area contributed by atoms with Gasteiger partial charge < -0.3 is 0 Å². The number of rotatable bonds is 7. The fourth-order valence-electron chi connectivity index (χ4n) is 3.82. The summed E-state index contributed by atoms with van der Waals surface area (Å²) in [6, 6.07) is 14.4. The Kier molecular flexibility index (Phi) is 6.72. The van der Waals surface area contributed by atoms with E-state index in [0.717, 1.165) is 52.9 Å². The zero-order valence-corrected chi connectivity index (χ0v) is 18.3. The summed E-state index contributed by atoms with van der Waals surface area (Å²) in [7, 11) is 0. The van der Waals surface area contributed by atoms with Gasteiger partial charge in [0, 0.05) is 24.2 Å². The predicted molar refractivity (Wildman–Crippen MR) is 122 cm³/mol. The third-order valence-electron chi connectivity index (χ3n) is 5.87. The van der Waals surface area contributed by atoms with Gasteiger partial charge in [0.15, 0.2) is 0 Å². The van der Waals surface area contributed by atoms with Gasteiger partial charge in [-0.25, -0.2) is 14.4 Å². The smallest absolute Gasteiger partial charge is 0.241 e. The summed E-state index contributed by atoms with van der Waals surface area (Å²) in [4.78, 5) is 8.78. The lowest BCUT2D eigenvalue weighted by Gasteiger charge is -2.10. The molecule has 0 saturated heterocycles. The topological polar surface area (TPSA) is 25.8 Å². The molecule has 0 fully saturated rings. The van der Waals surface area contributed by atoms with Crippen LogP contribution in [0.2, 0.25) is 0 Å². The molecule has 0 saturated carbocycles. The number of fused-ring (bicyclic) bond motifs is 1. The van der Waals surface area contributed by atoms with Crippen LogP contribution in [0, 0.1) is 5.82 Å². The van der Waals surface area contributed by atoms with Crippen LogP contribution < -0.4 is 0 Å². The Hall–Kier alpha value is -3.28. The van der Waals surface area contributed by atoms with E-state index in [1.54, 1.807) is 12.1 Å². The number of halogens is 4. The Morgan fingerprint density at radius 1 is 0.727 bits per heavy atom. The minimum Gasteiger partial charge on any atom is -0.241 e. The second kappa shape index (κ2) is 9.69. The molecule has 0 aliphatic carbocycles. The maximum atomic E-state index is 15.1. The van der Waals surface area contributed by atoms with Crippen LogP contribution in [0.15, 0.2) is 67.0 Å².